The third-order valence-electron chi connectivity index (χ3n) is 2.88. The van der Waals surface area contributed by atoms with E-state index >= 15 is 0 Å². The molecule has 2 heterocycles. The van der Waals surface area contributed by atoms with Crippen LogP contribution in [-0.2, 0) is 11.3 Å². The number of amides is 2. The molecule has 2 aromatic heterocycles. The van der Waals surface area contributed by atoms with Crippen molar-refractivity contribution < 1.29 is 9.59 Å². The number of carbonyl (C=O) groups excluding carboxylic acids is 2. The van der Waals surface area contributed by atoms with E-state index in [9.17, 15) is 9.59 Å². The zero-order valence-electron chi connectivity index (χ0n) is 11.7. The van der Waals surface area contributed by atoms with Gasteiger partial charge in [0.2, 0.25) is 5.91 Å². The first kappa shape index (κ1) is 15.2. The van der Waals surface area contributed by atoms with Crippen LogP contribution >= 0.6 is 11.3 Å². The van der Waals surface area contributed by atoms with Crippen molar-refractivity contribution in [1.29, 1.82) is 0 Å². The highest BCUT2D eigenvalue weighted by Crippen LogP contribution is 2.07. The molecule has 2 N–H and O–H groups in total. The SMILES string of the molecule is CN(Cc1ncn[nH]1)C(=O)CCCNC(=O)c1cccs1. The predicted octanol–water partition coefficient (Wildman–Crippen LogP) is 1.03. The molecular weight excluding hydrogens is 290 g/mol. The van der Waals surface area contributed by atoms with Gasteiger partial charge in [0.05, 0.1) is 11.4 Å². The van der Waals surface area contributed by atoms with Crippen molar-refractivity contribution in [2.24, 2.45) is 0 Å². The number of aromatic nitrogens is 3. The van der Waals surface area contributed by atoms with Crippen molar-refractivity contribution in [3.63, 3.8) is 0 Å². The average Bonchev–Trinajstić information content (AvgIpc) is 3.15. The number of hydrogen-bond acceptors (Lipinski definition) is 5. The van der Waals surface area contributed by atoms with Crippen molar-refractivity contribution >= 4 is 23.2 Å². The fourth-order valence-electron chi connectivity index (χ4n) is 1.75. The summed E-state index contributed by atoms with van der Waals surface area (Å²) in [5.41, 5.74) is 0. The maximum atomic E-state index is 11.9. The van der Waals surface area contributed by atoms with Crippen molar-refractivity contribution in [3.8, 4) is 0 Å². The van der Waals surface area contributed by atoms with Gasteiger partial charge in [0.15, 0.2) is 0 Å². The molecule has 0 radical (unpaired) electrons. The number of thiophene rings is 1. The number of H-pyrrole nitrogens is 1. The quantitative estimate of drug-likeness (QED) is 0.748. The summed E-state index contributed by atoms with van der Waals surface area (Å²) in [6, 6.07) is 3.61. The third kappa shape index (κ3) is 4.67. The minimum atomic E-state index is -0.0903. The lowest BCUT2D eigenvalue weighted by atomic mass is 10.2. The highest BCUT2D eigenvalue weighted by atomic mass is 32.1. The monoisotopic (exact) mass is 307 g/mol. The van der Waals surface area contributed by atoms with E-state index < -0.39 is 0 Å². The van der Waals surface area contributed by atoms with Gasteiger partial charge in [0, 0.05) is 20.0 Å². The molecule has 0 spiro atoms. The molecule has 8 heteroatoms. The Morgan fingerprint density at radius 1 is 1.48 bits per heavy atom. The second kappa shape index (κ2) is 7.53. The van der Waals surface area contributed by atoms with Crippen LogP contribution in [0.25, 0.3) is 0 Å². The number of nitrogens with one attached hydrogen (secondary N) is 2. The number of rotatable bonds is 7. The summed E-state index contributed by atoms with van der Waals surface area (Å²) in [5, 5.41) is 11.1. The Kier molecular flexibility index (Phi) is 5.44. The Morgan fingerprint density at radius 2 is 2.33 bits per heavy atom. The molecule has 0 bridgehead atoms. The topological polar surface area (TPSA) is 91.0 Å². The molecule has 2 aromatic rings. The van der Waals surface area contributed by atoms with Crippen LogP contribution in [0.3, 0.4) is 0 Å². The summed E-state index contributed by atoms with van der Waals surface area (Å²) in [4.78, 5) is 29.8. The van der Waals surface area contributed by atoms with Gasteiger partial charge < -0.3 is 10.2 Å². The van der Waals surface area contributed by atoms with Crippen LogP contribution in [0.2, 0.25) is 0 Å². The van der Waals surface area contributed by atoms with Gasteiger partial charge in [0.1, 0.15) is 12.2 Å². The molecule has 0 atom stereocenters. The Balaban J connectivity index is 1.64. The summed E-state index contributed by atoms with van der Waals surface area (Å²) in [6.45, 7) is 0.888. The zero-order chi connectivity index (χ0) is 15.1. The molecule has 7 nitrogen and oxygen atoms in total. The van der Waals surface area contributed by atoms with Crippen LogP contribution in [0.5, 0.6) is 0 Å². The normalized spacial score (nSPS) is 10.3. The van der Waals surface area contributed by atoms with E-state index in [1.165, 1.54) is 17.7 Å². The van der Waals surface area contributed by atoms with E-state index in [1.54, 1.807) is 18.0 Å². The van der Waals surface area contributed by atoms with Gasteiger partial charge in [-0.15, -0.1) is 11.3 Å². The fourth-order valence-corrected chi connectivity index (χ4v) is 2.39. The van der Waals surface area contributed by atoms with Gasteiger partial charge in [-0.2, -0.15) is 5.10 Å². The highest BCUT2D eigenvalue weighted by molar-refractivity contribution is 7.12. The van der Waals surface area contributed by atoms with Gasteiger partial charge in [-0.3, -0.25) is 14.7 Å². The Labute approximate surface area is 126 Å². The second-order valence-corrected chi connectivity index (χ2v) is 5.47. The van der Waals surface area contributed by atoms with Gasteiger partial charge in [0.25, 0.3) is 5.91 Å². The molecule has 0 aliphatic carbocycles. The molecule has 0 unspecified atom stereocenters. The molecule has 0 saturated carbocycles. The molecular formula is C13H17N5O2S. The summed E-state index contributed by atoms with van der Waals surface area (Å²) in [6.07, 6.45) is 2.40. The molecule has 0 aromatic carbocycles. The van der Waals surface area contributed by atoms with Crippen LogP contribution in [0, 0.1) is 0 Å². The summed E-state index contributed by atoms with van der Waals surface area (Å²) < 4.78 is 0. The average molecular weight is 307 g/mol. The minimum Gasteiger partial charge on any atom is -0.351 e. The molecule has 0 aliphatic heterocycles. The second-order valence-electron chi connectivity index (χ2n) is 4.52. The van der Waals surface area contributed by atoms with Crippen LogP contribution in [0.4, 0.5) is 0 Å². The zero-order valence-corrected chi connectivity index (χ0v) is 12.5. The maximum Gasteiger partial charge on any atom is 0.261 e. The number of hydrogen-bond donors (Lipinski definition) is 2. The van der Waals surface area contributed by atoms with Crippen LogP contribution < -0.4 is 5.32 Å². The first-order valence-electron chi connectivity index (χ1n) is 6.56. The van der Waals surface area contributed by atoms with E-state index in [4.69, 9.17) is 0 Å². The summed E-state index contributed by atoms with van der Waals surface area (Å²) in [7, 11) is 1.72. The fraction of sp³-hybridized carbons (Fsp3) is 0.385. The van der Waals surface area contributed by atoms with Crippen molar-refractivity contribution in [2.45, 2.75) is 19.4 Å². The molecule has 2 rings (SSSR count). The van der Waals surface area contributed by atoms with Gasteiger partial charge >= 0.3 is 0 Å². The molecule has 0 saturated heterocycles. The van der Waals surface area contributed by atoms with Gasteiger partial charge in [-0.1, -0.05) is 6.07 Å². The smallest absolute Gasteiger partial charge is 0.261 e. The largest absolute Gasteiger partial charge is 0.351 e. The summed E-state index contributed by atoms with van der Waals surface area (Å²) in [5.74, 6) is 0.570. The number of aromatic amines is 1. The lowest BCUT2D eigenvalue weighted by Gasteiger charge is -2.15. The van der Waals surface area contributed by atoms with E-state index in [-0.39, 0.29) is 11.8 Å². The van der Waals surface area contributed by atoms with Crippen LogP contribution in [0.1, 0.15) is 28.3 Å². The van der Waals surface area contributed by atoms with Crippen molar-refractivity contribution in [2.75, 3.05) is 13.6 Å². The van der Waals surface area contributed by atoms with Crippen molar-refractivity contribution in [3.05, 3.63) is 34.5 Å². The molecule has 112 valence electrons. The number of carbonyl (C=O) groups is 2. The first-order valence-corrected chi connectivity index (χ1v) is 7.44. The maximum absolute atomic E-state index is 11.9. The predicted molar refractivity (Wildman–Crippen MR) is 78.7 cm³/mol. The van der Waals surface area contributed by atoms with Crippen molar-refractivity contribution in [1.82, 2.24) is 25.4 Å². The Hall–Kier alpha value is -2.22. The molecule has 0 aliphatic rings. The Bertz CT molecular complexity index is 567. The molecule has 0 fully saturated rings. The first-order chi connectivity index (χ1) is 10.2. The van der Waals surface area contributed by atoms with Gasteiger partial charge in [-0.05, 0) is 17.9 Å². The molecule has 21 heavy (non-hydrogen) atoms. The lowest BCUT2D eigenvalue weighted by Crippen LogP contribution is -2.28. The van der Waals surface area contributed by atoms with E-state index in [2.05, 4.69) is 20.5 Å². The van der Waals surface area contributed by atoms with Gasteiger partial charge in [-0.25, -0.2) is 4.98 Å². The minimum absolute atomic E-state index is 0.0109. The highest BCUT2D eigenvalue weighted by Gasteiger charge is 2.11. The standard InChI is InChI=1S/C13H17N5O2S/c1-18(8-11-15-9-16-17-11)12(19)5-2-6-14-13(20)10-4-3-7-21-10/h3-4,7,9H,2,5-6,8H2,1H3,(H,14,20)(H,15,16,17). The van der Waals surface area contributed by atoms with Crippen LogP contribution in [0.15, 0.2) is 23.8 Å². The summed E-state index contributed by atoms with van der Waals surface area (Å²) >= 11 is 1.40. The molecule has 2 amide bonds. The number of nitrogens with zero attached hydrogens (tertiary/aromatic N) is 3. The van der Waals surface area contributed by atoms with E-state index in [0.29, 0.717) is 36.6 Å². The van der Waals surface area contributed by atoms with E-state index in [0.717, 1.165) is 0 Å². The third-order valence-corrected chi connectivity index (χ3v) is 3.74. The van der Waals surface area contributed by atoms with Crippen LogP contribution in [-0.4, -0.2) is 45.5 Å². The Morgan fingerprint density at radius 3 is 3.00 bits per heavy atom. The van der Waals surface area contributed by atoms with E-state index in [1.807, 2.05) is 11.4 Å². The lowest BCUT2D eigenvalue weighted by molar-refractivity contribution is -0.130.